The van der Waals surface area contributed by atoms with E-state index in [0.29, 0.717) is 5.82 Å². The predicted octanol–water partition coefficient (Wildman–Crippen LogP) is 3.25. The predicted molar refractivity (Wildman–Crippen MR) is 120 cm³/mol. The van der Waals surface area contributed by atoms with Crippen LogP contribution in [0.3, 0.4) is 0 Å². The van der Waals surface area contributed by atoms with E-state index < -0.39 is 6.16 Å². The maximum atomic E-state index is 10.6. The molecule has 32 heavy (non-hydrogen) atoms. The van der Waals surface area contributed by atoms with Gasteiger partial charge in [0.25, 0.3) is 0 Å². The number of nitrogens with zero attached hydrogens (tertiary/aromatic N) is 6. The number of hydrogen-bond donors (Lipinski definition) is 1. The second kappa shape index (κ2) is 9.17. The van der Waals surface area contributed by atoms with Crippen LogP contribution in [0.1, 0.15) is 29.3 Å². The summed E-state index contributed by atoms with van der Waals surface area (Å²) in [6.07, 6.45) is 2.23. The van der Waals surface area contributed by atoms with Crippen molar-refractivity contribution in [2.45, 2.75) is 33.2 Å². The highest BCUT2D eigenvalue weighted by Crippen LogP contribution is 2.26. The summed E-state index contributed by atoms with van der Waals surface area (Å²) in [6, 6.07) is 10.5. The monoisotopic (exact) mass is 434 g/mol. The molecule has 1 aliphatic rings. The number of aromatic nitrogens is 4. The van der Waals surface area contributed by atoms with Crippen molar-refractivity contribution in [3.05, 3.63) is 65.1 Å². The molecule has 9 heteroatoms. The Labute approximate surface area is 186 Å². The zero-order valence-electron chi connectivity index (χ0n) is 18.4. The average molecular weight is 435 g/mol. The zero-order valence-corrected chi connectivity index (χ0v) is 18.4. The minimum Gasteiger partial charge on any atom is -0.449 e. The molecule has 0 amide bonds. The molecule has 1 atom stereocenters. The SMILES string of the molecule is Cc1c(Cc2ccccc2)nnc(N2CCN(c3cnc(OC(=O)O)cn3)[C@H](C)C2)c1C. The van der Waals surface area contributed by atoms with Crippen molar-refractivity contribution in [1.82, 2.24) is 20.2 Å². The van der Waals surface area contributed by atoms with E-state index in [0.717, 1.165) is 43.1 Å². The lowest BCUT2D eigenvalue weighted by Gasteiger charge is -2.41. The molecule has 4 rings (SSSR count). The van der Waals surface area contributed by atoms with Gasteiger partial charge >= 0.3 is 6.16 Å². The first-order chi connectivity index (χ1) is 15.4. The number of rotatable bonds is 5. The minimum absolute atomic E-state index is 0.0375. The highest BCUT2D eigenvalue weighted by Gasteiger charge is 2.27. The third kappa shape index (κ3) is 4.61. The van der Waals surface area contributed by atoms with Gasteiger partial charge in [-0.2, -0.15) is 5.10 Å². The molecule has 3 aromatic rings. The Morgan fingerprint density at radius 1 is 1.09 bits per heavy atom. The van der Waals surface area contributed by atoms with Crippen LogP contribution in [0.2, 0.25) is 0 Å². The Morgan fingerprint density at radius 2 is 1.88 bits per heavy atom. The first-order valence-electron chi connectivity index (χ1n) is 10.5. The highest BCUT2D eigenvalue weighted by molar-refractivity contribution is 5.60. The van der Waals surface area contributed by atoms with Crippen LogP contribution in [0.15, 0.2) is 42.7 Å². The third-order valence-electron chi connectivity index (χ3n) is 5.84. The number of carbonyl (C=O) groups is 1. The molecule has 0 unspecified atom stereocenters. The van der Waals surface area contributed by atoms with Crippen molar-refractivity contribution >= 4 is 17.8 Å². The summed E-state index contributed by atoms with van der Waals surface area (Å²) in [6.45, 7) is 8.61. The van der Waals surface area contributed by atoms with Gasteiger partial charge in [0.2, 0.25) is 5.88 Å². The second-order valence-electron chi connectivity index (χ2n) is 7.95. The molecule has 1 N–H and O–H groups in total. The van der Waals surface area contributed by atoms with Crippen LogP contribution >= 0.6 is 0 Å². The standard InChI is InChI=1S/C23H26N6O3/c1-15-14-28(9-10-29(15)20-12-25-21(13-24-20)32-23(30)31)22-17(3)16(2)19(26-27-22)11-18-7-5-4-6-8-18/h4-8,12-13,15H,9-11,14H2,1-3H3,(H,30,31)/t15-/m1/s1. The lowest BCUT2D eigenvalue weighted by molar-refractivity contribution is 0.142. The van der Waals surface area contributed by atoms with Crippen molar-refractivity contribution in [2.75, 3.05) is 29.4 Å². The molecule has 1 aromatic carbocycles. The summed E-state index contributed by atoms with van der Waals surface area (Å²) in [5.41, 5.74) is 4.55. The van der Waals surface area contributed by atoms with Gasteiger partial charge in [-0.25, -0.2) is 14.8 Å². The van der Waals surface area contributed by atoms with E-state index in [1.165, 1.54) is 23.5 Å². The first kappa shape index (κ1) is 21.5. The summed E-state index contributed by atoms with van der Waals surface area (Å²) in [5, 5.41) is 17.8. The third-order valence-corrected chi connectivity index (χ3v) is 5.84. The van der Waals surface area contributed by atoms with Crippen molar-refractivity contribution < 1.29 is 14.6 Å². The van der Waals surface area contributed by atoms with Gasteiger partial charge in [0.05, 0.1) is 18.1 Å². The van der Waals surface area contributed by atoms with E-state index in [-0.39, 0.29) is 11.9 Å². The van der Waals surface area contributed by atoms with E-state index in [9.17, 15) is 4.79 Å². The summed E-state index contributed by atoms with van der Waals surface area (Å²) in [7, 11) is 0. The molecule has 0 bridgehead atoms. The van der Waals surface area contributed by atoms with Crippen molar-refractivity contribution in [1.29, 1.82) is 0 Å². The summed E-state index contributed by atoms with van der Waals surface area (Å²) < 4.78 is 4.53. The molecule has 1 saturated heterocycles. The average Bonchev–Trinajstić information content (AvgIpc) is 2.78. The maximum Gasteiger partial charge on any atom is 0.512 e. The van der Waals surface area contributed by atoms with Crippen molar-refractivity contribution in [2.24, 2.45) is 0 Å². The number of piperazine rings is 1. The van der Waals surface area contributed by atoms with Crippen LogP contribution in [0, 0.1) is 13.8 Å². The van der Waals surface area contributed by atoms with E-state index in [1.807, 2.05) is 18.2 Å². The minimum atomic E-state index is -1.41. The van der Waals surface area contributed by atoms with E-state index >= 15 is 0 Å². The molecule has 0 radical (unpaired) electrons. The molecule has 0 aliphatic carbocycles. The molecule has 3 heterocycles. The zero-order chi connectivity index (χ0) is 22.7. The molecule has 1 fully saturated rings. The van der Waals surface area contributed by atoms with Crippen LogP contribution in [-0.2, 0) is 6.42 Å². The fourth-order valence-corrected chi connectivity index (χ4v) is 3.99. The Morgan fingerprint density at radius 3 is 2.53 bits per heavy atom. The van der Waals surface area contributed by atoms with Crippen LogP contribution in [0.25, 0.3) is 0 Å². The van der Waals surface area contributed by atoms with Gasteiger partial charge in [-0.1, -0.05) is 30.3 Å². The fourth-order valence-electron chi connectivity index (χ4n) is 3.99. The van der Waals surface area contributed by atoms with Crippen molar-refractivity contribution in [3.8, 4) is 5.88 Å². The first-order valence-corrected chi connectivity index (χ1v) is 10.5. The molecule has 166 valence electrons. The Kier molecular flexibility index (Phi) is 6.16. The molecular formula is C23H26N6O3. The molecule has 9 nitrogen and oxygen atoms in total. The number of carboxylic acid groups (broad SMARTS) is 1. The summed E-state index contributed by atoms with van der Waals surface area (Å²) >= 11 is 0. The van der Waals surface area contributed by atoms with Gasteiger partial charge < -0.3 is 19.6 Å². The lowest BCUT2D eigenvalue weighted by atomic mass is 10.0. The smallest absolute Gasteiger partial charge is 0.449 e. The van der Waals surface area contributed by atoms with Crippen LogP contribution < -0.4 is 14.5 Å². The topological polar surface area (TPSA) is 105 Å². The molecular weight excluding hydrogens is 408 g/mol. The van der Waals surface area contributed by atoms with E-state index in [1.54, 1.807) is 0 Å². The quantitative estimate of drug-likeness (QED) is 0.606. The van der Waals surface area contributed by atoms with Gasteiger partial charge in [-0.15, -0.1) is 5.10 Å². The summed E-state index contributed by atoms with van der Waals surface area (Å²) in [4.78, 5) is 23.4. The largest absolute Gasteiger partial charge is 0.512 e. The normalized spacial score (nSPS) is 16.2. The van der Waals surface area contributed by atoms with Gasteiger partial charge in [0, 0.05) is 32.1 Å². The van der Waals surface area contributed by atoms with Gasteiger partial charge in [-0.05, 0) is 37.5 Å². The van der Waals surface area contributed by atoms with Crippen molar-refractivity contribution in [3.63, 3.8) is 0 Å². The highest BCUT2D eigenvalue weighted by atomic mass is 16.7. The Balaban J connectivity index is 1.46. The van der Waals surface area contributed by atoms with Crippen LogP contribution in [0.4, 0.5) is 16.4 Å². The van der Waals surface area contributed by atoms with Crippen LogP contribution in [-0.4, -0.2) is 57.1 Å². The number of benzene rings is 1. The van der Waals surface area contributed by atoms with Crippen LogP contribution in [0.5, 0.6) is 5.88 Å². The molecule has 0 spiro atoms. The maximum absolute atomic E-state index is 10.6. The molecule has 0 saturated carbocycles. The van der Waals surface area contributed by atoms with Gasteiger partial charge in [0.15, 0.2) is 5.82 Å². The Hall–Kier alpha value is -3.75. The summed E-state index contributed by atoms with van der Waals surface area (Å²) in [5.74, 6) is 1.57. The number of hydrogen-bond acceptors (Lipinski definition) is 8. The Bertz CT molecular complexity index is 1090. The number of anilines is 2. The lowest BCUT2D eigenvalue weighted by Crippen LogP contribution is -2.53. The second-order valence-corrected chi connectivity index (χ2v) is 7.95. The molecule has 2 aromatic heterocycles. The molecule has 1 aliphatic heterocycles. The van der Waals surface area contributed by atoms with Gasteiger partial charge in [-0.3, -0.25) is 0 Å². The van der Waals surface area contributed by atoms with E-state index in [2.05, 4.69) is 67.6 Å². The fraction of sp³-hybridized carbons (Fsp3) is 0.348. The van der Waals surface area contributed by atoms with E-state index in [4.69, 9.17) is 5.11 Å². The number of ether oxygens (including phenoxy) is 1. The van der Waals surface area contributed by atoms with Gasteiger partial charge in [0.1, 0.15) is 5.82 Å².